The number of alkyl carbamates (subject to hydrolysis) is 1. The second-order valence-corrected chi connectivity index (χ2v) is 12.3. The van der Waals surface area contributed by atoms with Crippen LogP contribution >= 0.6 is 0 Å². The van der Waals surface area contributed by atoms with E-state index in [0.29, 0.717) is 20.3 Å². The minimum atomic E-state index is -4.84. The van der Waals surface area contributed by atoms with Gasteiger partial charge in [-0.1, -0.05) is 48.0 Å². The van der Waals surface area contributed by atoms with Gasteiger partial charge in [-0.15, -0.1) is 0 Å². The first-order chi connectivity index (χ1) is 17.1. The highest BCUT2D eigenvalue weighted by atomic mass is 19.4. The smallest absolute Gasteiger partial charge is 0.427 e. The lowest BCUT2D eigenvalue weighted by Gasteiger charge is -2.38. The zero-order valence-electron chi connectivity index (χ0n) is 23.1. The minimum absolute atomic E-state index is 0.0459. The highest BCUT2D eigenvalue weighted by molar-refractivity contribution is 6.37. The summed E-state index contributed by atoms with van der Waals surface area (Å²) in [5, 5.41) is 4.83. The van der Waals surface area contributed by atoms with Crippen molar-refractivity contribution >= 4 is 29.6 Å². The molecule has 0 bridgehead atoms. The van der Waals surface area contributed by atoms with Gasteiger partial charge in [-0.25, -0.2) is 4.79 Å². The molecule has 1 aliphatic heterocycles. The maximum absolute atomic E-state index is 13.7. The van der Waals surface area contributed by atoms with E-state index in [0.717, 1.165) is 0 Å². The number of alkyl halides is 3. The van der Waals surface area contributed by atoms with Crippen LogP contribution in [-0.2, 0) is 23.9 Å². The SMILES string of the molecule is CCC[C@@H](NC(=O)[C@@H]1[C@@H]2[C@H](CN1C(=O)[C@@H](NC(=O)OC(C)(C)C(F)(F)F)C(C)(C)C)C2(C)C)C(=O)C(N)=O. The molecule has 2 fully saturated rings. The van der Waals surface area contributed by atoms with E-state index in [1.165, 1.54) is 4.90 Å². The van der Waals surface area contributed by atoms with Gasteiger partial charge in [0.25, 0.3) is 5.91 Å². The van der Waals surface area contributed by atoms with Gasteiger partial charge in [0.15, 0.2) is 0 Å². The monoisotopic (exact) mass is 548 g/mol. The van der Waals surface area contributed by atoms with Crippen molar-refractivity contribution in [2.75, 3.05) is 6.54 Å². The first-order valence-electron chi connectivity index (χ1n) is 12.6. The normalized spacial score (nSPS) is 24.1. The van der Waals surface area contributed by atoms with Crippen LogP contribution in [0.25, 0.3) is 0 Å². The summed E-state index contributed by atoms with van der Waals surface area (Å²) in [6.45, 7) is 12.0. The molecule has 13 heteroatoms. The molecular formula is C25H39F3N4O6. The van der Waals surface area contributed by atoms with Gasteiger partial charge in [-0.3, -0.25) is 19.2 Å². The second-order valence-electron chi connectivity index (χ2n) is 12.3. The van der Waals surface area contributed by atoms with E-state index in [1.807, 2.05) is 13.8 Å². The number of carbonyl (C=O) groups is 5. The lowest BCUT2D eigenvalue weighted by Crippen LogP contribution is -2.61. The number of likely N-dealkylation sites (tertiary alicyclic amines) is 1. The van der Waals surface area contributed by atoms with Gasteiger partial charge >= 0.3 is 12.3 Å². The molecule has 10 nitrogen and oxygen atoms in total. The quantitative estimate of drug-likeness (QED) is 0.377. The lowest BCUT2D eigenvalue weighted by molar-refractivity contribution is -0.244. The molecule has 2 rings (SSSR count). The van der Waals surface area contributed by atoms with E-state index in [2.05, 4.69) is 15.4 Å². The molecule has 0 aromatic heterocycles. The fraction of sp³-hybridized carbons (Fsp3) is 0.800. The van der Waals surface area contributed by atoms with Crippen LogP contribution in [0.15, 0.2) is 0 Å². The Labute approximate surface area is 220 Å². The maximum atomic E-state index is 13.7. The molecule has 4 N–H and O–H groups in total. The van der Waals surface area contributed by atoms with Gasteiger partial charge in [0.1, 0.15) is 12.1 Å². The number of fused-ring (bicyclic) bond motifs is 1. The summed E-state index contributed by atoms with van der Waals surface area (Å²) in [5.41, 5.74) is 1.08. The summed E-state index contributed by atoms with van der Waals surface area (Å²) in [4.78, 5) is 64.7. The maximum Gasteiger partial charge on any atom is 0.427 e. The first kappa shape index (κ1) is 31.4. The van der Waals surface area contributed by atoms with Crippen LogP contribution in [0.2, 0.25) is 0 Å². The Morgan fingerprint density at radius 1 is 1.05 bits per heavy atom. The van der Waals surface area contributed by atoms with Gasteiger partial charge < -0.3 is 26.0 Å². The molecule has 1 saturated heterocycles. The fourth-order valence-electron chi connectivity index (χ4n) is 5.05. The van der Waals surface area contributed by atoms with Gasteiger partial charge in [-0.2, -0.15) is 13.2 Å². The van der Waals surface area contributed by atoms with Crippen LogP contribution in [-0.4, -0.2) is 70.9 Å². The summed E-state index contributed by atoms with van der Waals surface area (Å²) in [7, 11) is 0. The Bertz CT molecular complexity index is 989. The molecule has 0 spiro atoms. The van der Waals surface area contributed by atoms with Crippen molar-refractivity contribution < 1.29 is 41.9 Å². The van der Waals surface area contributed by atoms with Gasteiger partial charge in [-0.05, 0) is 42.9 Å². The van der Waals surface area contributed by atoms with Gasteiger partial charge in [0, 0.05) is 6.54 Å². The van der Waals surface area contributed by atoms with E-state index >= 15 is 0 Å². The van der Waals surface area contributed by atoms with Gasteiger partial charge in [0.05, 0.1) is 6.04 Å². The predicted octanol–water partition coefficient (Wildman–Crippen LogP) is 2.29. The standard InChI is InChI=1S/C25H39F3N4O6/c1-9-10-13(16(33)18(29)34)30-19(35)15-14-12(23(14,5)6)11-32(15)20(36)17(22(2,3)4)31-21(37)38-24(7,8)25(26,27)28/h12-15,17H,9-11H2,1-8H3,(H2,29,34)(H,30,35)(H,31,37)/t12-,13+,14-,15-,17+/m0/s1. The third-order valence-electron chi connectivity index (χ3n) is 7.62. The molecule has 1 aliphatic carbocycles. The summed E-state index contributed by atoms with van der Waals surface area (Å²) in [5.74, 6) is -3.75. The zero-order valence-corrected chi connectivity index (χ0v) is 23.1. The van der Waals surface area contributed by atoms with E-state index in [9.17, 15) is 37.1 Å². The molecular weight excluding hydrogens is 509 g/mol. The third kappa shape index (κ3) is 6.23. The topological polar surface area (TPSA) is 148 Å². The molecule has 0 radical (unpaired) electrons. The molecule has 1 heterocycles. The average Bonchev–Trinajstić information content (AvgIpc) is 3.07. The molecule has 1 saturated carbocycles. The van der Waals surface area contributed by atoms with E-state index in [4.69, 9.17) is 5.73 Å². The van der Waals surface area contributed by atoms with Crippen molar-refractivity contribution in [2.45, 2.75) is 98.1 Å². The summed E-state index contributed by atoms with van der Waals surface area (Å²) in [6, 6.07) is -3.50. The average molecular weight is 549 g/mol. The highest BCUT2D eigenvalue weighted by Crippen LogP contribution is 2.65. The van der Waals surface area contributed by atoms with Crippen LogP contribution in [0.4, 0.5) is 18.0 Å². The largest absolute Gasteiger partial charge is 0.434 e. The number of rotatable bonds is 9. The molecule has 0 aromatic carbocycles. The van der Waals surface area contributed by atoms with E-state index < -0.39 is 64.9 Å². The number of Topliss-reactive ketones (excluding diaryl/α,β-unsaturated/α-hetero) is 1. The zero-order chi connectivity index (χ0) is 29.6. The summed E-state index contributed by atoms with van der Waals surface area (Å²) >= 11 is 0. The number of carbonyl (C=O) groups excluding carboxylic acids is 5. The number of primary amides is 1. The molecule has 0 aromatic rings. The Morgan fingerprint density at radius 2 is 1.61 bits per heavy atom. The Hall–Kier alpha value is -2.86. The van der Waals surface area contributed by atoms with E-state index in [-0.39, 0.29) is 30.2 Å². The summed E-state index contributed by atoms with van der Waals surface area (Å²) < 4.78 is 44.3. The van der Waals surface area contributed by atoms with Crippen molar-refractivity contribution in [1.82, 2.24) is 15.5 Å². The van der Waals surface area contributed by atoms with Crippen molar-refractivity contribution in [3.8, 4) is 0 Å². The number of nitrogens with one attached hydrogen (secondary N) is 2. The van der Waals surface area contributed by atoms with Crippen LogP contribution in [0.3, 0.4) is 0 Å². The fourth-order valence-corrected chi connectivity index (χ4v) is 5.05. The van der Waals surface area contributed by atoms with Crippen LogP contribution in [0.1, 0.15) is 68.2 Å². The first-order valence-corrected chi connectivity index (χ1v) is 12.6. The molecule has 38 heavy (non-hydrogen) atoms. The minimum Gasteiger partial charge on any atom is -0.434 e. The number of nitrogens with two attached hydrogens (primary N) is 1. The van der Waals surface area contributed by atoms with Crippen LogP contribution in [0, 0.1) is 22.7 Å². The predicted molar refractivity (Wildman–Crippen MR) is 130 cm³/mol. The van der Waals surface area contributed by atoms with E-state index in [1.54, 1.807) is 27.7 Å². The summed E-state index contributed by atoms with van der Waals surface area (Å²) in [6.07, 6.45) is -5.63. The van der Waals surface area contributed by atoms with Crippen molar-refractivity contribution in [3.63, 3.8) is 0 Å². The molecule has 216 valence electrons. The number of amides is 4. The Balaban J connectivity index is 2.32. The third-order valence-corrected chi connectivity index (χ3v) is 7.62. The van der Waals surface area contributed by atoms with Crippen LogP contribution in [0.5, 0.6) is 0 Å². The molecule has 0 unspecified atom stereocenters. The molecule has 5 atom stereocenters. The number of halogens is 3. The second kappa shape index (κ2) is 10.4. The van der Waals surface area contributed by atoms with Crippen molar-refractivity contribution in [1.29, 1.82) is 0 Å². The molecule has 2 aliphatic rings. The van der Waals surface area contributed by atoms with Crippen molar-refractivity contribution in [2.24, 2.45) is 28.4 Å². The number of ketones is 1. The highest BCUT2D eigenvalue weighted by Gasteiger charge is 2.70. The Kier molecular flexibility index (Phi) is 8.55. The number of hydrogen-bond acceptors (Lipinski definition) is 6. The molecule has 4 amide bonds. The van der Waals surface area contributed by atoms with Crippen molar-refractivity contribution in [3.05, 3.63) is 0 Å². The number of ether oxygens (including phenoxy) is 1. The lowest BCUT2D eigenvalue weighted by atomic mass is 9.85. The number of piperidine rings is 1. The number of nitrogens with zero attached hydrogens (tertiary/aromatic N) is 1. The Morgan fingerprint density at radius 3 is 2.05 bits per heavy atom. The van der Waals surface area contributed by atoms with Crippen LogP contribution < -0.4 is 16.4 Å². The number of hydrogen-bond donors (Lipinski definition) is 3. The van der Waals surface area contributed by atoms with Gasteiger partial charge in [0.2, 0.25) is 23.2 Å².